The highest BCUT2D eigenvalue weighted by atomic mass is 16.4. The van der Waals surface area contributed by atoms with Crippen molar-refractivity contribution >= 4 is 16.9 Å². The normalized spacial score (nSPS) is 12.8. The number of pyridine rings is 1. The van der Waals surface area contributed by atoms with Crippen molar-refractivity contribution in [3.05, 3.63) is 70.4 Å². The van der Waals surface area contributed by atoms with E-state index in [9.17, 15) is 14.7 Å². The first kappa shape index (κ1) is 14.8. The van der Waals surface area contributed by atoms with Crippen LogP contribution < -0.4 is 5.43 Å². The zero-order valence-corrected chi connectivity index (χ0v) is 13.6. The summed E-state index contributed by atoms with van der Waals surface area (Å²) in [5, 5.41) is 10.5. The first-order chi connectivity index (χ1) is 12.6. The molecule has 6 heteroatoms. The van der Waals surface area contributed by atoms with Crippen molar-refractivity contribution in [3.63, 3.8) is 0 Å². The minimum absolute atomic E-state index is 0.260. The number of fused-ring (bicyclic) bond motifs is 5. The molecule has 0 bridgehead atoms. The van der Waals surface area contributed by atoms with Crippen molar-refractivity contribution in [1.82, 2.24) is 4.57 Å². The highest BCUT2D eigenvalue weighted by Crippen LogP contribution is 2.41. The number of aromatic carboxylic acids is 1. The van der Waals surface area contributed by atoms with Gasteiger partial charge in [0.15, 0.2) is 5.76 Å². The van der Waals surface area contributed by atoms with E-state index < -0.39 is 11.4 Å². The quantitative estimate of drug-likeness (QED) is 0.596. The summed E-state index contributed by atoms with van der Waals surface area (Å²) < 4.78 is 13.0. The Hall–Kier alpha value is -3.54. The molecule has 0 spiro atoms. The predicted molar refractivity (Wildman–Crippen MR) is 94.3 cm³/mol. The van der Waals surface area contributed by atoms with Crippen LogP contribution in [0.5, 0.6) is 0 Å². The van der Waals surface area contributed by atoms with E-state index in [2.05, 4.69) is 0 Å². The van der Waals surface area contributed by atoms with Gasteiger partial charge in [-0.15, -0.1) is 0 Å². The Balaban J connectivity index is 1.93. The van der Waals surface area contributed by atoms with Gasteiger partial charge in [-0.25, -0.2) is 4.79 Å². The number of carboxylic acids is 1. The van der Waals surface area contributed by atoms with E-state index in [1.807, 2.05) is 24.3 Å². The molecule has 0 unspecified atom stereocenters. The summed E-state index contributed by atoms with van der Waals surface area (Å²) in [6.45, 7) is 0.567. The highest BCUT2D eigenvalue weighted by molar-refractivity contribution is 5.94. The van der Waals surface area contributed by atoms with E-state index in [1.54, 1.807) is 10.6 Å². The van der Waals surface area contributed by atoms with E-state index >= 15 is 0 Å². The van der Waals surface area contributed by atoms with Crippen LogP contribution in [0.2, 0.25) is 0 Å². The van der Waals surface area contributed by atoms with Crippen molar-refractivity contribution in [3.8, 4) is 22.6 Å². The van der Waals surface area contributed by atoms with Crippen molar-refractivity contribution in [2.75, 3.05) is 0 Å². The smallest absolute Gasteiger partial charge is 0.341 e. The number of aromatic nitrogens is 1. The lowest BCUT2D eigenvalue weighted by Crippen LogP contribution is -2.24. The fraction of sp³-hybridized carbons (Fsp3) is 0.100. The Labute approximate surface area is 146 Å². The second kappa shape index (κ2) is 5.23. The van der Waals surface area contributed by atoms with Crippen LogP contribution in [0.25, 0.3) is 33.6 Å². The van der Waals surface area contributed by atoms with Crippen molar-refractivity contribution in [1.29, 1.82) is 0 Å². The maximum Gasteiger partial charge on any atom is 0.341 e. The standard InChI is InChI=1S/C20H13NO5/c22-18-14(20(23)24)9-21-7-5-13-12-3-1-2-4-15(12)26-19(13)17(21)16(18)11-6-8-25-10-11/h1-4,6,8-10H,5,7H2,(H,23,24). The molecule has 0 atom stereocenters. The number of furan rings is 2. The van der Waals surface area contributed by atoms with Crippen molar-refractivity contribution < 1.29 is 18.7 Å². The maximum atomic E-state index is 12.9. The Kier molecular flexibility index (Phi) is 2.97. The van der Waals surface area contributed by atoms with E-state index in [-0.39, 0.29) is 5.56 Å². The van der Waals surface area contributed by atoms with Crippen LogP contribution in [0.1, 0.15) is 15.9 Å². The molecule has 0 fully saturated rings. The van der Waals surface area contributed by atoms with Crippen LogP contribution in [0, 0.1) is 0 Å². The Bertz CT molecular complexity index is 1230. The molecule has 1 aromatic carbocycles. The number of benzene rings is 1. The van der Waals surface area contributed by atoms with Gasteiger partial charge in [-0.05, 0) is 18.6 Å². The molecular weight excluding hydrogens is 334 g/mol. The lowest BCUT2D eigenvalue weighted by atomic mass is 9.95. The van der Waals surface area contributed by atoms with Gasteiger partial charge in [0.25, 0.3) is 0 Å². The summed E-state index contributed by atoms with van der Waals surface area (Å²) in [7, 11) is 0. The van der Waals surface area contributed by atoms with Gasteiger partial charge in [0.1, 0.15) is 11.1 Å². The fourth-order valence-corrected chi connectivity index (χ4v) is 3.68. The first-order valence-electron chi connectivity index (χ1n) is 8.19. The number of carbonyl (C=O) groups is 1. The molecule has 6 nitrogen and oxygen atoms in total. The summed E-state index contributed by atoms with van der Waals surface area (Å²) in [6, 6.07) is 9.38. The van der Waals surface area contributed by atoms with Gasteiger partial charge >= 0.3 is 5.97 Å². The minimum Gasteiger partial charge on any atom is -0.477 e. The number of hydrogen-bond acceptors (Lipinski definition) is 4. The third kappa shape index (κ3) is 1.92. The SMILES string of the molecule is O=C(O)c1cn2c(c(-c3ccoc3)c1=O)-c1oc3ccccc3c1CC2. The highest BCUT2D eigenvalue weighted by Gasteiger charge is 2.29. The molecule has 4 aromatic rings. The van der Waals surface area contributed by atoms with Crippen LogP contribution in [0.4, 0.5) is 0 Å². The van der Waals surface area contributed by atoms with Crippen LogP contribution in [-0.4, -0.2) is 15.6 Å². The number of nitrogens with zero attached hydrogens (tertiary/aromatic N) is 1. The van der Waals surface area contributed by atoms with E-state index in [0.717, 1.165) is 16.5 Å². The topological polar surface area (TPSA) is 85.6 Å². The summed E-state index contributed by atoms with van der Waals surface area (Å²) in [4.78, 5) is 24.5. The zero-order chi connectivity index (χ0) is 17.8. The minimum atomic E-state index is -1.24. The van der Waals surface area contributed by atoms with Crippen molar-refractivity contribution in [2.45, 2.75) is 13.0 Å². The zero-order valence-electron chi connectivity index (χ0n) is 13.6. The second-order valence-corrected chi connectivity index (χ2v) is 6.26. The third-order valence-corrected chi connectivity index (χ3v) is 4.84. The maximum absolute atomic E-state index is 12.9. The molecule has 0 saturated heterocycles. The molecular formula is C20H13NO5. The van der Waals surface area contributed by atoms with E-state index in [4.69, 9.17) is 8.83 Å². The Morgan fingerprint density at radius 1 is 1.19 bits per heavy atom. The van der Waals surface area contributed by atoms with E-state index in [1.165, 1.54) is 18.7 Å². The molecule has 0 aliphatic carbocycles. The second-order valence-electron chi connectivity index (χ2n) is 6.26. The lowest BCUT2D eigenvalue weighted by Gasteiger charge is -2.21. The van der Waals surface area contributed by atoms with E-state index in [0.29, 0.717) is 35.5 Å². The molecule has 5 rings (SSSR count). The molecule has 0 amide bonds. The number of aryl methyl sites for hydroxylation is 2. The lowest BCUT2D eigenvalue weighted by molar-refractivity contribution is 0.0694. The molecule has 0 radical (unpaired) electrons. The van der Waals surface area contributed by atoms with Crippen LogP contribution in [0.3, 0.4) is 0 Å². The van der Waals surface area contributed by atoms with Crippen LogP contribution in [0.15, 0.2) is 62.7 Å². The summed E-state index contributed by atoms with van der Waals surface area (Å²) in [6.07, 6.45) is 5.01. The van der Waals surface area contributed by atoms with Crippen LogP contribution >= 0.6 is 0 Å². The van der Waals surface area contributed by atoms with Gasteiger partial charge in [0.05, 0.1) is 23.8 Å². The molecule has 1 aliphatic rings. The van der Waals surface area contributed by atoms with Gasteiger partial charge in [0.2, 0.25) is 5.43 Å². The fourth-order valence-electron chi connectivity index (χ4n) is 3.68. The molecule has 1 aliphatic heterocycles. The Morgan fingerprint density at radius 2 is 2.04 bits per heavy atom. The first-order valence-corrected chi connectivity index (χ1v) is 8.19. The number of para-hydroxylation sites is 1. The van der Waals surface area contributed by atoms with Gasteiger partial charge < -0.3 is 18.5 Å². The largest absolute Gasteiger partial charge is 0.477 e. The van der Waals surface area contributed by atoms with Gasteiger partial charge in [0, 0.05) is 29.3 Å². The average molecular weight is 347 g/mol. The summed E-state index contributed by atoms with van der Waals surface area (Å²) in [5.41, 5.74) is 2.40. The molecule has 4 heterocycles. The number of hydrogen-bond donors (Lipinski definition) is 1. The van der Waals surface area contributed by atoms with Gasteiger partial charge in [-0.1, -0.05) is 18.2 Å². The van der Waals surface area contributed by atoms with Gasteiger partial charge in [-0.2, -0.15) is 0 Å². The summed E-state index contributed by atoms with van der Waals surface area (Å²) in [5.74, 6) is -0.631. The average Bonchev–Trinajstić information content (AvgIpc) is 3.28. The monoisotopic (exact) mass is 347 g/mol. The van der Waals surface area contributed by atoms with Crippen LogP contribution in [-0.2, 0) is 13.0 Å². The van der Waals surface area contributed by atoms with Gasteiger partial charge in [-0.3, -0.25) is 4.79 Å². The molecule has 0 saturated carbocycles. The van der Waals surface area contributed by atoms with Crippen molar-refractivity contribution in [2.24, 2.45) is 0 Å². The molecule has 1 N–H and O–H groups in total. The molecule has 128 valence electrons. The predicted octanol–water partition coefficient (Wildman–Crippen LogP) is 3.78. The number of carboxylic acid groups (broad SMARTS) is 1. The molecule has 3 aromatic heterocycles. The third-order valence-electron chi connectivity index (χ3n) is 4.84. The number of rotatable bonds is 2. The molecule has 26 heavy (non-hydrogen) atoms. The summed E-state index contributed by atoms with van der Waals surface area (Å²) >= 11 is 0. The Morgan fingerprint density at radius 3 is 2.81 bits per heavy atom.